The number of amidine groups is 2. The summed E-state index contributed by atoms with van der Waals surface area (Å²) in [5, 5.41) is 47.4. The number of aryl methyl sites for hydroxylation is 3. The molecule has 0 radical (unpaired) electrons. The number of nitrogens with zero attached hydrogens (tertiary/aromatic N) is 6. The second-order valence-electron chi connectivity index (χ2n) is 32.2. The van der Waals surface area contributed by atoms with Gasteiger partial charge in [-0.3, -0.25) is 24.5 Å². The highest BCUT2D eigenvalue weighted by Crippen LogP contribution is 2.45. The lowest BCUT2D eigenvalue weighted by Crippen LogP contribution is -2.37. The SMILES string of the molecule is COC(=O)c1cc(CSc2ncc(C(C)(C)c3ccc(Cl)c(Cl)c3)n2-c2ccc(F)c(OC)c2)ccc1CCCCC(=N)N.COC(=O)c1cc(CSc2ncc(C(C)(C)c3ccc(Cl)c(Cl)c3)n2-c2ccc(F)c(OC)c2)ccc1CCCO.COc1cc(-n2c(C(C)(C)c3ccc(Cl)c(Cl)c3)cnc2SCc2ccc(CCCCC(=N)N)c(C(=O)O)c2)ccc1F.O=C([O-])C(F)(F)F. The first-order chi connectivity index (χ1) is 63.9. The van der Waals surface area contributed by atoms with Crippen molar-refractivity contribution in [3.8, 4) is 34.3 Å². The number of ether oxygens (including phenoxy) is 5. The minimum atomic E-state index is -5.19. The molecule has 135 heavy (non-hydrogen) atoms. The van der Waals surface area contributed by atoms with E-state index in [1.165, 1.54) is 89.0 Å². The Bertz CT molecular complexity index is 6280. The number of nitrogens with two attached hydrogens (primary N) is 2. The molecule has 716 valence electrons. The number of carboxylic acids is 2. The number of alkyl halides is 3. The van der Waals surface area contributed by atoms with Crippen molar-refractivity contribution in [2.75, 3.05) is 42.2 Å². The van der Waals surface area contributed by atoms with Crippen LogP contribution in [-0.2, 0) is 67.0 Å². The van der Waals surface area contributed by atoms with Crippen molar-refractivity contribution in [2.24, 2.45) is 11.5 Å². The number of nitrogens with one attached hydrogen (secondary N) is 2. The second-order valence-corrected chi connectivity index (χ2v) is 37.5. The van der Waals surface area contributed by atoms with Crippen molar-refractivity contribution in [3.63, 3.8) is 0 Å². The average Bonchev–Trinajstić information content (AvgIpc) is 1.64. The standard InChI is InChI=1S/C33H35Cl2FN4O3S.C32H33Cl2FN4O3S.C31H31Cl2FN2O4S.C2HF3O2/c1-33(2,22-11-13-25(34)26(35)16-22)29-18-39-32(40(29)23-12-14-27(36)28(17-23)42-3)44-19-20-9-10-21(7-5-6-8-30(37)38)24(15-20)31(41)43-4;1-32(2,21-10-12-24(33)25(34)15-21)28-17-38-31(39(28)22-11-13-26(35)27(16-22)42-3)43-18-19-8-9-20(23(14-19)30(40)41)6-4-5-7-29(36)37;1-31(2,21-9-11-24(32)25(33)15-21)28-17-35-30(36(28)22-10-12-26(34)27(16-22)39-3)41-18-19-7-8-20(6-5-13-37)23(14-19)29(38)40-4;3-2(4,5)1(6)7/h9-18H,5-8,19H2,1-4H3,(H3,37,38);8-17H,4-7,18H2,1-3H3,(H3,36,37)(H,40,41);7-12,14-17,37H,5-6,13,18H2,1-4H3;(H,6,7)/p-1. The van der Waals surface area contributed by atoms with Crippen LogP contribution in [0.3, 0.4) is 0 Å². The lowest BCUT2D eigenvalue weighted by molar-refractivity contribution is -0.344. The topological polar surface area (TPSA) is 331 Å². The Hall–Kier alpha value is -10.8. The summed E-state index contributed by atoms with van der Waals surface area (Å²) in [5.74, 6) is -4.13. The molecule has 12 rings (SSSR count). The molecule has 37 heteroatoms. The zero-order valence-corrected chi connectivity index (χ0v) is 82.3. The van der Waals surface area contributed by atoms with Gasteiger partial charge >= 0.3 is 24.1 Å². The number of carboxylic acid groups (broad SMARTS) is 2. The van der Waals surface area contributed by atoms with Crippen LogP contribution in [0.25, 0.3) is 17.1 Å². The van der Waals surface area contributed by atoms with Crippen molar-refractivity contribution in [1.82, 2.24) is 28.7 Å². The molecule has 0 fully saturated rings. The third kappa shape index (κ3) is 28.0. The summed E-state index contributed by atoms with van der Waals surface area (Å²) in [4.78, 5) is 60.3. The van der Waals surface area contributed by atoms with Gasteiger partial charge in [0.25, 0.3) is 0 Å². The summed E-state index contributed by atoms with van der Waals surface area (Å²) in [5.41, 5.74) is 22.9. The molecule has 0 amide bonds. The number of benzene rings is 9. The summed E-state index contributed by atoms with van der Waals surface area (Å²) in [7, 11) is 6.99. The van der Waals surface area contributed by atoms with E-state index in [0.29, 0.717) is 130 Å². The maximum atomic E-state index is 14.4. The number of aliphatic carboxylic acids is 1. The minimum absolute atomic E-state index is 0.0377. The van der Waals surface area contributed by atoms with E-state index >= 15 is 0 Å². The number of carbonyl (C=O) groups is 4. The molecular formula is C98H99Cl6F6N10O12S3-. The zero-order chi connectivity index (χ0) is 99.1. The number of hydrogen-bond donors (Lipinski definition) is 6. The van der Waals surface area contributed by atoms with Crippen molar-refractivity contribution in [3.05, 3.63) is 314 Å². The molecule has 9 aromatic carbocycles. The first-order valence-electron chi connectivity index (χ1n) is 41.7. The fourth-order valence-corrected chi connectivity index (χ4v) is 18.1. The van der Waals surface area contributed by atoms with E-state index in [1.807, 2.05) is 119 Å². The van der Waals surface area contributed by atoms with Crippen LogP contribution in [0.15, 0.2) is 198 Å². The van der Waals surface area contributed by atoms with Gasteiger partial charge in [-0.25, -0.2) is 42.5 Å². The molecule has 12 aromatic rings. The molecule has 0 saturated heterocycles. The Balaban J connectivity index is 0.000000219. The normalized spacial score (nSPS) is 11.5. The molecule has 22 nitrogen and oxygen atoms in total. The van der Waals surface area contributed by atoms with E-state index in [-0.39, 0.29) is 41.1 Å². The Morgan fingerprint density at radius 1 is 0.422 bits per heavy atom. The van der Waals surface area contributed by atoms with Crippen LogP contribution in [-0.4, -0.2) is 123 Å². The quantitative estimate of drug-likeness (QED) is 0.00526. The van der Waals surface area contributed by atoms with Crippen LogP contribution in [0.2, 0.25) is 30.1 Å². The summed E-state index contributed by atoms with van der Waals surface area (Å²) in [6.07, 6.45) is 6.64. The molecule has 0 aliphatic heterocycles. The smallest absolute Gasteiger partial charge is 0.430 e. The van der Waals surface area contributed by atoms with Gasteiger partial charge in [-0.2, -0.15) is 13.2 Å². The number of esters is 2. The first-order valence-corrected chi connectivity index (χ1v) is 47.0. The molecule has 0 unspecified atom stereocenters. The number of aliphatic hydroxyl groups excluding tert-OH is 1. The van der Waals surface area contributed by atoms with Gasteiger partial charge in [0.2, 0.25) is 0 Å². The third-order valence-corrected chi connectivity index (χ3v) is 27.3. The Kier molecular flexibility index (Phi) is 38.9. The monoisotopic (exact) mass is 2030 g/mol. The number of carbonyl (C=O) groups excluding carboxylic acids is 3. The molecule has 0 spiro atoms. The van der Waals surface area contributed by atoms with Crippen LogP contribution in [0.5, 0.6) is 17.2 Å². The molecule has 0 aliphatic rings. The van der Waals surface area contributed by atoms with Crippen molar-refractivity contribution < 1.29 is 84.5 Å². The summed E-state index contributed by atoms with van der Waals surface area (Å²) >= 11 is 42.1. The van der Waals surface area contributed by atoms with Crippen LogP contribution < -0.4 is 30.8 Å². The lowest BCUT2D eigenvalue weighted by Gasteiger charge is -2.28. The largest absolute Gasteiger partial charge is 0.542 e. The number of rotatable bonds is 37. The summed E-state index contributed by atoms with van der Waals surface area (Å²) in [6.45, 7) is 12.4. The highest BCUT2D eigenvalue weighted by molar-refractivity contribution is 7.98. The number of hydrogen-bond acceptors (Lipinski definition) is 19. The number of aliphatic hydroxyl groups is 1. The first kappa shape index (κ1) is 108. The number of aromatic carboxylic acids is 1. The minimum Gasteiger partial charge on any atom is -0.542 e. The van der Waals surface area contributed by atoms with Gasteiger partial charge in [-0.15, -0.1) is 0 Å². The number of halogens is 12. The molecule has 0 atom stereocenters. The Labute approximate surface area is 821 Å². The van der Waals surface area contributed by atoms with E-state index in [9.17, 15) is 50.9 Å². The number of imidazole rings is 3. The second kappa shape index (κ2) is 48.8. The van der Waals surface area contributed by atoms with Crippen molar-refractivity contribution >= 4 is 140 Å². The van der Waals surface area contributed by atoms with Crippen LogP contribution in [0.4, 0.5) is 26.3 Å². The van der Waals surface area contributed by atoms with Crippen LogP contribution in [0, 0.1) is 28.3 Å². The van der Waals surface area contributed by atoms with E-state index < -0.39 is 63.8 Å². The van der Waals surface area contributed by atoms with Gasteiger partial charge in [-0.1, -0.05) is 201 Å². The molecule has 8 N–H and O–H groups in total. The van der Waals surface area contributed by atoms with Gasteiger partial charge in [0.05, 0.1) is 147 Å². The molecule has 0 bridgehead atoms. The van der Waals surface area contributed by atoms with E-state index in [1.54, 1.807) is 73.1 Å². The van der Waals surface area contributed by atoms with E-state index in [4.69, 9.17) is 140 Å². The van der Waals surface area contributed by atoms with E-state index in [2.05, 4.69) is 27.7 Å². The maximum Gasteiger partial charge on any atom is 0.430 e. The van der Waals surface area contributed by atoms with Gasteiger partial charge in [0.1, 0.15) is 5.97 Å². The van der Waals surface area contributed by atoms with Gasteiger partial charge in [0.15, 0.2) is 50.2 Å². The number of unbranched alkanes of at least 4 members (excludes halogenated alkanes) is 2. The summed E-state index contributed by atoms with van der Waals surface area (Å²) in [6, 6.07) is 47.6. The molecule has 0 aliphatic carbocycles. The molecule has 0 saturated carbocycles. The third-order valence-electron chi connectivity index (χ3n) is 22.0. The number of methoxy groups -OCH3 is 5. The van der Waals surface area contributed by atoms with Gasteiger partial charge in [-0.05, 0) is 192 Å². The number of thioether (sulfide) groups is 3. The fraction of sp³-hybridized carbons (Fsp3) is 0.296. The van der Waals surface area contributed by atoms with Crippen LogP contribution in [0.1, 0.15) is 185 Å². The molecular weight excluding hydrogens is 1930 g/mol. The fourth-order valence-electron chi connectivity index (χ4n) is 14.4. The highest BCUT2D eigenvalue weighted by atomic mass is 35.5. The highest BCUT2D eigenvalue weighted by Gasteiger charge is 2.35. The predicted molar refractivity (Wildman–Crippen MR) is 519 cm³/mol. The van der Waals surface area contributed by atoms with Crippen LogP contribution >= 0.6 is 105 Å². The Morgan fingerprint density at radius 2 is 0.711 bits per heavy atom. The average molecular weight is 2030 g/mol. The Morgan fingerprint density at radius 3 is 0.970 bits per heavy atom. The van der Waals surface area contributed by atoms with Gasteiger partial charge < -0.3 is 55.3 Å². The number of aromatic nitrogens is 6. The zero-order valence-electron chi connectivity index (χ0n) is 75.3. The lowest BCUT2D eigenvalue weighted by atomic mass is 9.81. The van der Waals surface area contributed by atoms with Crippen molar-refractivity contribution in [2.45, 2.75) is 161 Å². The predicted octanol–water partition coefficient (Wildman–Crippen LogP) is 23.6. The maximum absolute atomic E-state index is 14.4. The van der Waals surface area contributed by atoms with Gasteiger partial charge in [0, 0.05) is 71.2 Å². The molecule has 3 aromatic heterocycles. The van der Waals surface area contributed by atoms with E-state index in [0.717, 1.165) is 92.8 Å². The van der Waals surface area contributed by atoms with Crippen molar-refractivity contribution in [1.29, 1.82) is 10.8 Å². The molecule has 3 heterocycles. The summed E-state index contributed by atoms with van der Waals surface area (Å²) < 4.78 is 107.